The molecular weight excluding hydrogens is 286 g/mol. The van der Waals surface area contributed by atoms with Gasteiger partial charge in [-0.1, -0.05) is 37.3 Å². The van der Waals surface area contributed by atoms with Crippen molar-refractivity contribution in [1.82, 2.24) is 14.3 Å². The lowest BCUT2D eigenvalue weighted by Gasteiger charge is -2.34. The van der Waals surface area contributed by atoms with Gasteiger partial charge < -0.3 is 4.98 Å². The maximum atomic E-state index is 12.6. The molecule has 1 atom stereocenters. The molecule has 0 aliphatic carbocycles. The first kappa shape index (κ1) is 14.3. The molecule has 1 unspecified atom stereocenters. The highest BCUT2D eigenvalue weighted by atomic mass is 32.2. The molecule has 0 radical (unpaired) electrons. The van der Waals surface area contributed by atoms with Crippen LogP contribution in [0, 0.1) is 0 Å². The Kier molecular flexibility index (Phi) is 3.82. The Morgan fingerprint density at radius 3 is 2.81 bits per heavy atom. The van der Waals surface area contributed by atoms with Crippen LogP contribution in [0.2, 0.25) is 0 Å². The SMILES string of the molecule is CCCS(=O)(=O)N1CCc2[nH]cnc2C1c1ccccc1. The molecule has 1 aliphatic rings. The van der Waals surface area contributed by atoms with Crippen LogP contribution in [-0.2, 0) is 16.4 Å². The van der Waals surface area contributed by atoms with Crippen molar-refractivity contribution >= 4 is 10.0 Å². The summed E-state index contributed by atoms with van der Waals surface area (Å²) in [6, 6.07) is 9.40. The Hall–Kier alpha value is -1.66. The lowest BCUT2D eigenvalue weighted by molar-refractivity contribution is 0.337. The first-order chi connectivity index (χ1) is 10.1. The fourth-order valence-corrected chi connectivity index (χ4v) is 4.55. The molecule has 112 valence electrons. The average Bonchev–Trinajstić information content (AvgIpc) is 2.95. The number of nitrogens with one attached hydrogen (secondary N) is 1. The third-order valence-corrected chi connectivity index (χ3v) is 5.85. The zero-order valence-corrected chi connectivity index (χ0v) is 12.8. The topological polar surface area (TPSA) is 66.1 Å². The smallest absolute Gasteiger partial charge is 0.215 e. The predicted molar refractivity (Wildman–Crippen MR) is 81.4 cm³/mol. The predicted octanol–water partition coefficient (Wildman–Crippen LogP) is 2.10. The van der Waals surface area contributed by atoms with Crippen LogP contribution in [0.1, 0.15) is 36.3 Å². The minimum Gasteiger partial charge on any atom is -0.348 e. The number of H-pyrrole nitrogens is 1. The second kappa shape index (κ2) is 5.61. The fraction of sp³-hybridized carbons (Fsp3) is 0.400. The van der Waals surface area contributed by atoms with Crippen LogP contribution in [0.15, 0.2) is 36.7 Å². The fourth-order valence-electron chi connectivity index (χ4n) is 2.89. The normalized spacial score (nSPS) is 19.4. The van der Waals surface area contributed by atoms with Gasteiger partial charge in [0.2, 0.25) is 10.0 Å². The van der Waals surface area contributed by atoms with Crippen LogP contribution in [0.5, 0.6) is 0 Å². The lowest BCUT2D eigenvalue weighted by atomic mass is 9.98. The molecule has 2 aromatic rings. The van der Waals surface area contributed by atoms with Crippen molar-refractivity contribution in [3.8, 4) is 0 Å². The maximum absolute atomic E-state index is 12.6. The van der Waals surface area contributed by atoms with Gasteiger partial charge in [0.1, 0.15) is 0 Å². The van der Waals surface area contributed by atoms with E-state index in [0.29, 0.717) is 19.4 Å². The highest BCUT2D eigenvalue weighted by Gasteiger charge is 2.37. The summed E-state index contributed by atoms with van der Waals surface area (Å²) >= 11 is 0. The standard InChI is InChI=1S/C15H19N3O2S/c1-2-10-21(19,20)18-9-8-13-14(17-11-16-13)15(18)12-6-4-3-5-7-12/h3-7,11,15H,2,8-10H2,1H3,(H,16,17). The van der Waals surface area contributed by atoms with Crippen LogP contribution in [0.25, 0.3) is 0 Å². The van der Waals surface area contributed by atoms with E-state index in [1.54, 1.807) is 10.6 Å². The molecule has 1 aromatic carbocycles. The Bertz CT molecular complexity index is 710. The van der Waals surface area contributed by atoms with Crippen LogP contribution in [-0.4, -0.2) is 35.0 Å². The van der Waals surface area contributed by atoms with Crippen molar-refractivity contribution in [2.75, 3.05) is 12.3 Å². The molecule has 3 rings (SSSR count). The summed E-state index contributed by atoms with van der Waals surface area (Å²) in [5.74, 6) is 0.177. The Balaban J connectivity index is 2.09. The van der Waals surface area contributed by atoms with Crippen molar-refractivity contribution in [2.24, 2.45) is 0 Å². The second-order valence-electron chi connectivity index (χ2n) is 5.26. The average molecular weight is 305 g/mol. The monoisotopic (exact) mass is 305 g/mol. The van der Waals surface area contributed by atoms with Gasteiger partial charge >= 0.3 is 0 Å². The van der Waals surface area contributed by atoms with Crippen LogP contribution < -0.4 is 0 Å². The highest BCUT2D eigenvalue weighted by molar-refractivity contribution is 7.89. The molecule has 1 aromatic heterocycles. The summed E-state index contributed by atoms with van der Waals surface area (Å²) in [7, 11) is -3.27. The van der Waals surface area contributed by atoms with Crippen LogP contribution in [0.3, 0.4) is 0 Å². The maximum Gasteiger partial charge on any atom is 0.215 e. The number of rotatable bonds is 4. The Morgan fingerprint density at radius 2 is 2.10 bits per heavy atom. The molecule has 1 N–H and O–H groups in total. The summed E-state index contributed by atoms with van der Waals surface area (Å²) in [4.78, 5) is 7.51. The molecule has 0 saturated heterocycles. The number of nitrogens with zero attached hydrogens (tertiary/aromatic N) is 2. The molecule has 0 fully saturated rings. The zero-order valence-electron chi connectivity index (χ0n) is 12.0. The van der Waals surface area contributed by atoms with E-state index in [0.717, 1.165) is 17.0 Å². The lowest BCUT2D eigenvalue weighted by Crippen LogP contribution is -2.41. The largest absolute Gasteiger partial charge is 0.348 e. The van der Waals surface area contributed by atoms with Crippen LogP contribution in [0.4, 0.5) is 0 Å². The van der Waals surface area contributed by atoms with Crippen molar-refractivity contribution < 1.29 is 8.42 Å². The number of hydrogen-bond acceptors (Lipinski definition) is 3. The summed E-state index contributed by atoms with van der Waals surface area (Å²) in [6.07, 6.45) is 2.95. The minimum atomic E-state index is -3.27. The van der Waals surface area contributed by atoms with Gasteiger partial charge in [-0.3, -0.25) is 0 Å². The van der Waals surface area contributed by atoms with E-state index >= 15 is 0 Å². The molecule has 0 spiro atoms. The van der Waals surface area contributed by atoms with Crippen LogP contribution >= 0.6 is 0 Å². The summed E-state index contributed by atoms with van der Waals surface area (Å²) in [5, 5.41) is 0. The molecular formula is C15H19N3O2S. The van der Waals surface area contributed by atoms with Crippen molar-refractivity contribution in [3.63, 3.8) is 0 Å². The number of sulfonamides is 1. The zero-order chi connectivity index (χ0) is 14.9. The van der Waals surface area contributed by atoms with Gasteiger partial charge in [-0.15, -0.1) is 0 Å². The van der Waals surface area contributed by atoms with Gasteiger partial charge in [-0.2, -0.15) is 4.31 Å². The molecule has 21 heavy (non-hydrogen) atoms. The van der Waals surface area contributed by atoms with Crippen molar-refractivity contribution in [2.45, 2.75) is 25.8 Å². The van der Waals surface area contributed by atoms with Gasteiger partial charge in [-0.25, -0.2) is 13.4 Å². The van der Waals surface area contributed by atoms with Crippen molar-refractivity contribution in [1.29, 1.82) is 0 Å². The number of aromatic nitrogens is 2. The quantitative estimate of drug-likeness (QED) is 0.940. The molecule has 2 heterocycles. The number of benzene rings is 1. The van der Waals surface area contributed by atoms with Gasteiger partial charge in [0.15, 0.2) is 0 Å². The first-order valence-electron chi connectivity index (χ1n) is 7.20. The third kappa shape index (κ3) is 2.61. The number of aromatic amines is 1. The van der Waals surface area contributed by atoms with E-state index in [4.69, 9.17) is 0 Å². The molecule has 0 amide bonds. The van der Waals surface area contributed by atoms with E-state index in [-0.39, 0.29) is 11.8 Å². The molecule has 5 nitrogen and oxygen atoms in total. The third-order valence-electron chi connectivity index (χ3n) is 3.82. The summed E-state index contributed by atoms with van der Waals surface area (Å²) < 4.78 is 26.8. The van der Waals surface area contributed by atoms with E-state index in [1.807, 2.05) is 37.3 Å². The highest BCUT2D eigenvalue weighted by Crippen LogP contribution is 2.35. The first-order valence-corrected chi connectivity index (χ1v) is 8.81. The Labute approximate surface area is 125 Å². The van der Waals surface area contributed by atoms with E-state index in [2.05, 4.69) is 9.97 Å². The molecule has 1 aliphatic heterocycles. The molecule has 6 heteroatoms. The summed E-state index contributed by atoms with van der Waals surface area (Å²) in [6.45, 7) is 2.39. The second-order valence-corrected chi connectivity index (χ2v) is 7.30. The van der Waals surface area contributed by atoms with E-state index < -0.39 is 10.0 Å². The van der Waals surface area contributed by atoms with Gasteiger partial charge in [0.25, 0.3) is 0 Å². The number of hydrogen-bond donors (Lipinski definition) is 1. The molecule has 0 bridgehead atoms. The number of fused-ring (bicyclic) bond motifs is 1. The minimum absolute atomic E-state index is 0.177. The Morgan fingerprint density at radius 1 is 1.33 bits per heavy atom. The number of imidazole rings is 1. The van der Waals surface area contributed by atoms with Gasteiger partial charge in [0, 0.05) is 18.7 Å². The van der Waals surface area contributed by atoms with E-state index in [9.17, 15) is 8.42 Å². The van der Waals surface area contributed by atoms with Crippen molar-refractivity contribution in [3.05, 3.63) is 53.6 Å². The summed E-state index contributed by atoms with van der Waals surface area (Å²) in [5.41, 5.74) is 2.82. The van der Waals surface area contributed by atoms with E-state index in [1.165, 1.54) is 0 Å². The van der Waals surface area contributed by atoms with Gasteiger partial charge in [0.05, 0.1) is 23.8 Å². The molecule has 0 saturated carbocycles. The van der Waals surface area contributed by atoms with Gasteiger partial charge in [-0.05, 0) is 12.0 Å².